The molecule has 4 aromatic rings. The van der Waals surface area contributed by atoms with Gasteiger partial charge in [0.25, 0.3) is 5.89 Å². The highest BCUT2D eigenvalue weighted by atomic mass is 32.1. The van der Waals surface area contributed by atoms with Crippen LogP contribution in [0, 0.1) is 0 Å². The number of rotatable bonds is 8. The van der Waals surface area contributed by atoms with E-state index in [4.69, 9.17) is 4.42 Å². The molecule has 0 radical (unpaired) electrons. The fraction of sp³-hybridized carbons (Fsp3) is 0.346. The second kappa shape index (κ2) is 12.1. The number of urea groups is 1. The molecule has 0 spiro atoms. The van der Waals surface area contributed by atoms with Gasteiger partial charge < -0.3 is 15.1 Å². The lowest BCUT2D eigenvalue weighted by atomic mass is 10.0. The van der Waals surface area contributed by atoms with Crippen LogP contribution in [-0.2, 0) is 17.4 Å². The Hall–Kier alpha value is -4.60. The third-order valence-electron chi connectivity index (χ3n) is 6.45. The number of carbonyl (C=O) groups is 2. The zero-order valence-corrected chi connectivity index (χ0v) is 23.0. The molecule has 0 saturated heterocycles. The second-order valence-electron chi connectivity index (χ2n) is 9.49. The molecule has 5 rings (SSSR count). The molecule has 1 aliphatic rings. The first kappa shape index (κ1) is 28.9. The Balaban J connectivity index is 1.57. The molecule has 4 heterocycles. The topological polar surface area (TPSA) is 168 Å². The van der Waals surface area contributed by atoms with Crippen LogP contribution in [0.1, 0.15) is 43.2 Å². The first-order chi connectivity index (χ1) is 20.1. The summed E-state index contributed by atoms with van der Waals surface area (Å²) >= 11 is 0.731. The molecule has 4 aromatic heterocycles. The second-order valence-corrected chi connectivity index (χ2v) is 10.6. The number of nitrogens with one attached hydrogen (secondary N) is 4. The molecular weight excluding hydrogens is 577 g/mol. The number of anilines is 1. The number of amides is 3. The lowest BCUT2D eigenvalue weighted by molar-refractivity contribution is -0.141. The Bertz CT molecular complexity index is 1660. The molecule has 0 aromatic carbocycles. The number of pyridine rings is 2. The molecule has 4 N–H and O–H groups in total. The van der Waals surface area contributed by atoms with E-state index in [2.05, 4.69) is 41.1 Å². The summed E-state index contributed by atoms with van der Waals surface area (Å²) in [7, 11) is 0. The molecule has 16 heteroatoms. The van der Waals surface area contributed by atoms with Crippen molar-refractivity contribution < 1.29 is 27.2 Å². The van der Waals surface area contributed by atoms with Crippen molar-refractivity contribution in [3.05, 3.63) is 51.8 Å². The van der Waals surface area contributed by atoms with E-state index in [9.17, 15) is 27.6 Å². The standard InChI is InChI=1S/C26H25F3N8O4S/c1-2-31-24(39)34-19-8-16(17(12-32-19)13-7-14(11-30-10-13)22-36-37-25(40)41-22)23-35-21(26(27,28)29)18(42-23)9-20(38)33-15-5-3-4-6-15/h7-8,10-12,15H,2-6,9H2,1H3,(H,33,38)(H,37,40)(H2,31,32,34,39). The van der Waals surface area contributed by atoms with Crippen molar-refractivity contribution in [3.63, 3.8) is 0 Å². The van der Waals surface area contributed by atoms with Crippen LogP contribution >= 0.6 is 11.3 Å². The number of thiazole rings is 1. The van der Waals surface area contributed by atoms with Gasteiger partial charge in [0, 0.05) is 52.7 Å². The van der Waals surface area contributed by atoms with Gasteiger partial charge in [0.2, 0.25) is 5.91 Å². The summed E-state index contributed by atoms with van der Waals surface area (Å²) in [5.41, 5.74) is 0.0933. The van der Waals surface area contributed by atoms with Crippen molar-refractivity contribution in [2.75, 3.05) is 11.9 Å². The van der Waals surface area contributed by atoms with Crippen LogP contribution in [0.5, 0.6) is 0 Å². The van der Waals surface area contributed by atoms with Crippen molar-refractivity contribution in [3.8, 4) is 33.2 Å². The van der Waals surface area contributed by atoms with Gasteiger partial charge in [-0.2, -0.15) is 13.2 Å². The van der Waals surface area contributed by atoms with Gasteiger partial charge in [0.15, 0.2) is 5.69 Å². The summed E-state index contributed by atoms with van der Waals surface area (Å²) in [4.78, 5) is 48.4. The molecule has 220 valence electrons. The number of alkyl halides is 3. The average molecular weight is 603 g/mol. The number of halogens is 3. The Morgan fingerprint density at radius 3 is 2.57 bits per heavy atom. The number of aromatic amines is 1. The normalized spacial score (nSPS) is 13.7. The maximum Gasteiger partial charge on any atom is 0.434 e. The summed E-state index contributed by atoms with van der Waals surface area (Å²) in [6.45, 7) is 2.06. The minimum absolute atomic E-state index is 0.0393. The van der Waals surface area contributed by atoms with Crippen LogP contribution in [0.2, 0.25) is 0 Å². The number of hydrogen-bond donors (Lipinski definition) is 4. The Labute approximate surface area is 240 Å². The lowest BCUT2D eigenvalue weighted by Gasteiger charge is -2.12. The number of hydrogen-bond acceptors (Lipinski definition) is 9. The Morgan fingerprint density at radius 1 is 1.12 bits per heavy atom. The minimum Gasteiger partial charge on any atom is -0.388 e. The smallest absolute Gasteiger partial charge is 0.388 e. The van der Waals surface area contributed by atoms with Crippen LogP contribution in [0.15, 0.2) is 39.9 Å². The van der Waals surface area contributed by atoms with Gasteiger partial charge in [0.05, 0.1) is 12.0 Å². The molecule has 1 fully saturated rings. The summed E-state index contributed by atoms with van der Waals surface area (Å²) < 4.78 is 47.3. The SMILES string of the molecule is CCNC(=O)Nc1cc(-c2nc(C(F)(F)F)c(CC(=O)NC3CCCC3)s2)c(-c2cncc(-c3n[nH]c(=O)o3)c2)cn1. The molecule has 0 aliphatic heterocycles. The van der Waals surface area contributed by atoms with E-state index in [1.165, 1.54) is 24.7 Å². The van der Waals surface area contributed by atoms with E-state index in [1.54, 1.807) is 13.0 Å². The highest BCUT2D eigenvalue weighted by Gasteiger charge is 2.38. The summed E-state index contributed by atoms with van der Waals surface area (Å²) in [5, 5.41) is 13.8. The van der Waals surface area contributed by atoms with E-state index >= 15 is 0 Å². The van der Waals surface area contributed by atoms with E-state index in [-0.39, 0.29) is 33.2 Å². The molecule has 0 bridgehead atoms. The quantitative estimate of drug-likeness (QED) is 0.231. The van der Waals surface area contributed by atoms with Gasteiger partial charge in [-0.3, -0.25) is 15.1 Å². The predicted molar refractivity (Wildman–Crippen MR) is 146 cm³/mol. The lowest BCUT2D eigenvalue weighted by Crippen LogP contribution is -2.33. The molecule has 1 aliphatic carbocycles. The molecule has 0 atom stereocenters. The molecule has 42 heavy (non-hydrogen) atoms. The summed E-state index contributed by atoms with van der Waals surface area (Å²) in [6.07, 6.45) is 2.41. The van der Waals surface area contributed by atoms with Crippen molar-refractivity contribution in [1.29, 1.82) is 0 Å². The van der Waals surface area contributed by atoms with Crippen molar-refractivity contribution in [2.45, 2.75) is 51.2 Å². The van der Waals surface area contributed by atoms with Gasteiger partial charge in [0.1, 0.15) is 10.8 Å². The predicted octanol–water partition coefficient (Wildman–Crippen LogP) is 4.37. The van der Waals surface area contributed by atoms with Crippen molar-refractivity contribution in [1.82, 2.24) is 35.8 Å². The fourth-order valence-electron chi connectivity index (χ4n) is 4.61. The number of nitrogens with zero attached hydrogens (tertiary/aromatic N) is 4. The van der Waals surface area contributed by atoms with Crippen LogP contribution in [0.4, 0.5) is 23.8 Å². The van der Waals surface area contributed by atoms with Gasteiger partial charge in [-0.15, -0.1) is 16.4 Å². The van der Waals surface area contributed by atoms with Gasteiger partial charge in [-0.25, -0.2) is 24.7 Å². The first-order valence-corrected chi connectivity index (χ1v) is 13.8. The van der Waals surface area contributed by atoms with Gasteiger partial charge in [-0.05, 0) is 31.9 Å². The third kappa shape index (κ3) is 6.64. The van der Waals surface area contributed by atoms with Crippen LogP contribution < -0.4 is 21.7 Å². The number of H-pyrrole nitrogens is 1. The highest BCUT2D eigenvalue weighted by molar-refractivity contribution is 7.15. The van der Waals surface area contributed by atoms with E-state index in [0.717, 1.165) is 37.0 Å². The van der Waals surface area contributed by atoms with Crippen molar-refractivity contribution >= 4 is 29.1 Å². The van der Waals surface area contributed by atoms with E-state index < -0.39 is 36.0 Å². The first-order valence-electron chi connectivity index (χ1n) is 13.0. The van der Waals surface area contributed by atoms with E-state index in [0.29, 0.717) is 23.2 Å². The van der Waals surface area contributed by atoms with Crippen LogP contribution in [0.25, 0.3) is 33.2 Å². The van der Waals surface area contributed by atoms with Crippen LogP contribution in [-0.4, -0.2) is 49.7 Å². The zero-order chi connectivity index (χ0) is 29.9. The van der Waals surface area contributed by atoms with Crippen LogP contribution in [0.3, 0.4) is 0 Å². The van der Waals surface area contributed by atoms with E-state index in [1.807, 2.05) is 0 Å². The third-order valence-corrected chi connectivity index (χ3v) is 7.54. The molecular formula is C26H25F3N8O4S. The average Bonchev–Trinajstić information content (AvgIpc) is 3.70. The van der Waals surface area contributed by atoms with Gasteiger partial charge >= 0.3 is 18.0 Å². The number of carbonyl (C=O) groups excluding carboxylic acids is 2. The maximum absolute atomic E-state index is 14.1. The Morgan fingerprint density at radius 2 is 1.88 bits per heavy atom. The molecule has 12 nitrogen and oxygen atoms in total. The van der Waals surface area contributed by atoms with Crippen molar-refractivity contribution in [2.24, 2.45) is 0 Å². The number of aromatic nitrogens is 5. The molecule has 3 amide bonds. The fourth-order valence-corrected chi connectivity index (χ4v) is 5.72. The largest absolute Gasteiger partial charge is 0.434 e. The minimum atomic E-state index is -4.81. The molecule has 1 saturated carbocycles. The monoisotopic (exact) mass is 602 g/mol. The molecule has 0 unspecified atom stereocenters. The summed E-state index contributed by atoms with van der Waals surface area (Å²) in [6, 6.07) is 2.36. The maximum atomic E-state index is 14.1. The zero-order valence-electron chi connectivity index (χ0n) is 22.2. The Kier molecular flexibility index (Phi) is 8.33. The van der Waals surface area contributed by atoms with Gasteiger partial charge in [-0.1, -0.05) is 12.8 Å². The summed E-state index contributed by atoms with van der Waals surface area (Å²) in [5.74, 6) is -1.26. The highest BCUT2D eigenvalue weighted by Crippen LogP contribution is 2.41.